The van der Waals surface area contributed by atoms with Crippen molar-refractivity contribution >= 4 is 33.6 Å². The van der Waals surface area contributed by atoms with Crippen LogP contribution in [0.15, 0.2) is 60.7 Å². The third-order valence-electron chi connectivity index (χ3n) is 4.42. The van der Waals surface area contributed by atoms with Crippen molar-refractivity contribution in [1.29, 1.82) is 0 Å². The summed E-state index contributed by atoms with van der Waals surface area (Å²) in [5.41, 5.74) is 3.09. The Labute approximate surface area is 175 Å². The van der Waals surface area contributed by atoms with Gasteiger partial charge in [-0.1, -0.05) is 23.5 Å². The van der Waals surface area contributed by atoms with Crippen molar-refractivity contribution in [2.45, 2.75) is 13.0 Å². The van der Waals surface area contributed by atoms with Gasteiger partial charge in [0.25, 0.3) is 0 Å². The minimum Gasteiger partial charge on any atom is -0.478 e. The van der Waals surface area contributed by atoms with E-state index in [0.29, 0.717) is 26.6 Å². The molecule has 0 aliphatic heterocycles. The molecule has 4 aromatic rings. The van der Waals surface area contributed by atoms with E-state index in [-0.39, 0.29) is 30.3 Å². The first-order valence-electron chi connectivity index (χ1n) is 9.09. The molecule has 150 valence electrons. The van der Waals surface area contributed by atoms with Crippen molar-refractivity contribution in [3.05, 3.63) is 82.6 Å². The van der Waals surface area contributed by atoms with Gasteiger partial charge in [-0.2, -0.15) is 0 Å². The maximum absolute atomic E-state index is 13.1. The molecule has 2 heterocycles. The number of hydrogen-bond acceptors (Lipinski definition) is 5. The summed E-state index contributed by atoms with van der Waals surface area (Å²) in [4.78, 5) is 33.0. The molecule has 0 fully saturated rings. The zero-order valence-electron chi connectivity index (χ0n) is 15.6. The second-order valence-electron chi connectivity index (χ2n) is 6.59. The van der Waals surface area contributed by atoms with Gasteiger partial charge in [-0.15, -0.1) is 0 Å². The van der Waals surface area contributed by atoms with Crippen LogP contribution >= 0.6 is 11.3 Å². The Balaban J connectivity index is 1.43. The average molecular weight is 421 g/mol. The van der Waals surface area contributed by atoms with Crippen LogP contribution in [-0.4, -0.2) is 27.0 Å². The molecule has 1 amide bonds. The maximum Gasteiger partial charge on any atom is 0.335 e. The minimum atomic E-state index is -1.01. The molecular weight excluding hydrogens is 405 g/mol. The Morgan fingerprint density at radius 3 is 2.60 bits per heavy atom. The first kappa shape index (κ1) is 19.7. The molecule has 30 heavy (non-hydrogen) atoms. The van der Waals surface area contributed by atoms with Crippen LogP contribution in [0, 0.1) is 5.82 Å². The van der Waals surface area contributed by atoms with E-state index in [4.69, 9.17) is 5.11 Å². The van der Waals surface area contributed by atoms with Crippen LogP contribution in [0.1, 0.15) is 20.9 Å². The zero-order valence-corrected chi connectivity index (χ0v) is 16.4. The number of amides is 1. The smallest absolute Gasteiger partial charge is 0.335 e. The van der Waals surface area contributed by atoms with Crippen molar-refractivity contribution in [2.75, 3.05) is 0 Å². The van der Waals surface area contributed by atoms with Crippen LogP contribution in [0.5, 0.6) is 0 Å². The summed E-state index contributed by atoms with van der Waals surface area (Å²) in [6, 6.07) is 16.2. The summed E-state index contributed by atoms with van der Waals surface area (Å²) >= 11 is 1.33. The number of fused-ring (bicyclic) bond motifs is 1. The summed E-state index contributed by atoms with van der Waals surface area (Å²) < 4.78 is 13.1. The van der Waals surface area contributed by atoms with Gasteiger partial charge in [-0.3, -0.25) is 4.79 Å². The monoisotopic (exact) mass is 421 g/mol. The van der Waals surface area contributed by atoms with Crippen molar-refractivity contribution in [1.82, 2.24) is 15.3 Å². The lowest BCUT2D eigenvalue weighted by Gasteiger charge is -2.05. The number of carboxylic acid groups (broad SMARTS) is 1. The SMILES string of the molecule is O=C(Cc1nc2ccc(-c3ccc(F)cc3)nc2s1)NCc1cccc(C(=O)O)c1. The van der Waals surface area contributed by atoms with E-state index in [1.165, 1.54) is 35.6 Å². The Bertz CT molecular complexity index is 1240. The molecule has 4 rings (SSSR count). The van der Waals surface area contributed by atoms with Gasteiger partial charge in [0, 0.05) is 12.1 Å². The number of rotatable bonds is 6. The molecule has 0 spiro atoms. The number of pyridine rings is 1. The lowest BCUT2D eigenvalue weighted by atomic mass is 10.1. The molecule has 0 aliphatic rings. The number of halogens is 1. The van der Waals surface area contributed by atoms with Crippen LogP contribution in [0.3, 0.4) is 0 Å². The lowest BCUT2D eigenvalue weighted by Crippen LogP contribution is -2.24. The van der Waals surface area contributed by atoms with Gasteiger partial charge in [-0.05, 0) is 54.1 Å². The van der Waals surface area contributed by atoms with Crippen molar-refractivity contribution in [2.24, 2.45) is 0 Å². The highest BCUT2D eigenvalue weighted by molar-refractivity contribution is 7.18. The molecule has 0 saturated heterocycles. The highest BCUT2D eigenvalue weighted by atomic mass is 32.1. The third-order valence-corrected chi connectivity index (χ3v) is 5.38. The zero-order chi connectivity index (χ0) is 21.1. The molecule has 2 aromatic heterocycles. The van der Waals surface area contributed by atoms with Crippen molar-refractivity contribution in [3.63, 3.8) is 0 Å². The van der Waals surface area contributed by atoms with E-state index in [0.717, 1.165) is 5.56 Å². The predicted octanol–water partition coefficient (Wildman–Crippen LogP) is 4.05. The third kappa shape index (κ3) is 4.49. The van der Waals surface area contributed by atoms with Crippen LogP contribution < -0.4 is 5.32 Å². The standard InChI is InChI=1S/C22H16FN3O3S/c23-16-6-4-14(5-7-16)17-8-9-18-21(26-17)30-20(25-18)11-19(27)24-12-13-2-1-3-15(10-13)22(28)29/h1-10H,11-12H2,(H,24,27)(H,28,29). The van der Waals surface area contributed by atoms with Crippen LogP contribution in [-0.2, 0) is 17.8 Å². The summed E-state index contributed by atoms with van der Waals surface area (Å²) in [5, 5.41) is 12.4. The second-order valence-corrected chi connectivity index (χ2v) is 7.66. The van der Waals surface area contributed by atoms with E-state index in [1.54, 1.807) is 24.3 Å². The number of nitrogens with zero attached hydrogens (tertiary/aromatic N) is 2. The minimum absolute atomic E-state index is 0.103. The van der Waals surface area contributed by atoms with E-state index >= 15 is 0 Å². The molecule has 0 bridgehead atoms. The van der Waals surface area contributed by atoms with Gasteiger partial charge in [0.15, 0.2) is 0 Å². The Morgan fingerprint density at radius 1 is 1.03 bits per heavy atom. The second kappa shape index (κ2) is 8.38. The highest BCUT2D eigenvalue weighted by Gasteiger charge is 2.12. The summed E-state index contributed by atoms with van der Waals surface area (Å²) in [6.07, 6.45) is 0.103. The molecule has 0 atom stereocenters. The summed E-state index contributed by atoms with van der Waals surface area (Å²) in [5.74, 6) is -1.53. The number of aromatic carboxylic acids is 1. The Hall–Kier alpha value is -3.65. The van der Waals surface area contributed by atoms with Crippen molar-refractivity contribution in [3.8, 4) is 11.3 Å². The number of aromatic nitrogens is 2. The number of thiazole rings is 1. The number of carbonyl (C=O) groups excluding carboxylic acids is 1. The van der Waals surface area contributed by atoms with Gasteiger partial charge in [0.2, 0.25) is 5.91 Å². The molecule has 0 unspecified atom stereocenters. The van der Waals surface area contributed by atoms with E-state index in [9.17, 15) is 14.0 Å². The van der Waals surface area contributed by atoms with E-state index < -0.39 is 5.97 Å². The Morgan fingerprint density at radius 2 is 1.83 bits per heavy atom. The fourth-order valence-electron chi connectivity index (χ4n) is 2.93. The number of nitrogens with one attached hydrogen (secondary N) is 1. The Kier molecular flexibility index (Phi) is 5.49. The van der Waals surface area contributed by atoms with Crippen LogP contribution in [0.2, 0.25) is 0 Å². The normalized spacial score (nSPS) is 10.8. The quantitative estimate of drug-likeness (QED) is 0.490. The lowest BCUT2D eigenvalue weighted by molar-refractivity contribution is -0.120. The molecule has 8 heteroatoms. The fourth-order valence-corrected chi connectivity index (χ4v) is 3.87. The fraction of sp³-hybridized carbons (Fsp3) is 0.0909. The first-order chi connectivity index (χ1) is 14.5. The number of carbonyl (C=O) groups is 2. The number of benzene rings is 2. The predicted molar refractivity (Wildman–Crippen MR) is 112 cm³/mol. The molecule has 0 aliphatic carbocycles. The van der Waals surface area contributed by atoms with Gasteiger partial charge < -0.3 is 10.4 Å². The van der Waals surface area contributed by atoms with Gasteiger partial charge in [0.1, 0.15) is 21.2 Å². The van der Waals surface area contributed by atoms with Gasteiger partial charge >= 0.3 is 5.97 Å². The summed E-state index contributed by atoms with van der Waals surface area (Å²) in [7, 11) is 0. The number of hydrogen-bond donors (Lipinski definition) is 2. The van der Waals surface area contributed by atoms with Gasteiger partial charge in [0.05, 0.1) is 17.7 Å². The van der Waals surface area contributed by atoms with E-state index in [1.807, 2.05) is 12.1 Å². The molecule has 2 aromatic carbocycles. The molecule has 0 saturated carbocycles. The van der Waals surface area contributed by atoms with Crippen LogP contribution in [0.25, 0.3) is 21.6 Å². The van der Waals surface area contributed by atoms with Crippen molar-refractivity contribution < 1.29 is 19.1 Å². The summed E-state index contributed by atoms with van der Waals surface area (Å²) in [6.45, 7) is 0.234. The molecular formula is C22H16FN3O3S. The molecule has 6 nitrogen and oxygen atoms in total. The average Bonchev–Trinajstić information content (AvgIpc) is 3.14. The molecule has 0 radical (unpaired) electrons. The maximum atomic E-state index is 13.1. The number of carboxylic acids is 1. The highest BCUT2D eigenvalue weighted by Crippen LogP contribution is 2.25. The van der Waals surface area contributed by atoms with E-state index in [2.05, 4.69) is 15.3 Å². The topological polar surface area (TPSA) is 92.2 Å². The van der Waals surface area contributed by atoms with Crippen LogP contribution in [0.4, 0.5) is 4.39 Å². The first-order valence-corrected chi connectivity index (χ1v) is 9.91. The molecule has 2 N–H and O–H groups in total. The largest absolute Gasteiger partial charge is 0.478 e. The van der Waals surface area contributed by atoms with Gasteiger partial charge in [-0.25, -0.2) is 19.2 Å².